The molecule has 174 valence electrons. The molecule has 1 amide bonds. The molecule has 0 radical (unpaired) electrons. The first-order valence-corrected chi connectivity index (χ1v) is 12.7. The lowest BCUT2D eigenvalue weighted by atomic mass is 9.86. The lowest BCUT2D eigenvalue weighted by Gasteiger charge is -2.32. The van der Waals surface area contributed by atoms with Gasteiger partial charge in [-0.25, -0.2) is 0 Å². The number of hydrogen-bond donors (Lipinski definition) is 1. The molecule has 4 heteroatoms. The Morgan fingerprint density at radius 1 is 0.793 bits per heavy atom. The summed E-state index contributed by atoms with van der Waals surface area (Å²) in [4.78, 5) is 12.3. The summed E-state index contributed by atoms with van der Waals surface area (Å²) in [6.07, 6.45) is 6.98. The van der Waals surface area contributed by atoms with Gasteiger partial charge >= 0.3 is 0 Å². The van der Waals surface area contributed by atoms with Crippen LogP contribution in [0.3, 0.4) is 0 Å². The SMILES string of the molecule is CC(C)(C)CCC(C)(C)OCCC(C)(C)NC(=O)CCCCCSCC(C)(C)C. The van der Waals surface area contributed by atoms with Crippen LogP contribution in [0, 0.1) is 10.8 Å². The van der Waals surface area contributed by atoms with Crippen LogP contribution in [0.2, 0.25) is 0 Å². The lowest BCUT2D eigenvalue weighted by Crippen LogP contribution is -2.44. The van der Waals surface area contributed by atoms with Crippen molar-refractivity contribution in [2.24, 2.45) is 10.8 Å². The van der Waals surface area contributed by atoms with Gasteiger partial charge in [0.1, 0.15) is 0 Å². The maximum Gasteiger partial charge on any atom is 0.220 e. The van der Waals surface area contributed by atoms with Crippen molar-refractivity contribution in [2.45, 2.75) is 125 Å². The van der Waals surface area contributed by atoms with E-state index in [9.17, 15) is 4.79 Å². The molecule has 0 saturated carbocycles. The van der Waals surface area contributed by atoms with Gasteiger partial charge in [0.05, 0.1) is 5.60 Å². The van der Waals surface area contributed by atoms with Crippen molar-refractivity contribution in [1.82, 2.24) is 5.32 Å². The number of rotatable bonds is 14. The predicted octanol–water partition coefficient (Wildman–Crippen LogP) is 7.23. The molecule has 0 rings (SSSR count). The minimum atomic E-state index is -0.222. The number of unbranched alkanes of at least 4 members (excludes halogenated alkanes) is 2. The highest BCUT2D eigenvalue weighted by molar-refractivity contribution is 7.99. The van der Waals surface area contributed by atoms with Crippen LogP contribution in [0.25, 0.3) is 0 Å². The third kappa shape index (κ3) is 19.5. The Hall–Kier alpha value is -0.220. The molecule has 0 aromatic carbocycles. The fourth-order valence-corrected chi connectivity index (χ4v) is 4.04. The summed E-state index contributed by atoms with van der Waals surface area (Å²) < 4.78 is 6.15. The van der Waals surface area contributed by atoms with Gasteiger partial charge in [-0.15, -0.1) is 0 Å². The van der Waals surface area contributed by atoms with Crippen molar-refractivity contribution in [3.8, 4) is 0 Å². The Morgan fingerprint density at radius 3 is 1.97 bits per heavy atom. The number of carbonyl (C=O) groups is 1. The van der Waals surface area contributed by atoms with Crippen molar-refractivity contribution in [1.29, 1.82) is 0 Å². The number of carbonyl (C=O) groups excluding carboxylic acids is 1. The molecule has 0 aliphatic rings. The Kier molecular flexibility index (Phi) is 12.5. The molecule has 0 aromatic rings. The molecule has 0 aliphatic heterocycles. The van der Waals surface area contributed by atoms with Crippen LogP contribution >= 0.6 is 11.8 Å². The van der Waals surface area contributed by atoms with Crippen molar-refractivity contribution in [2.75, 3.05) is 18.1 Å². The van der Waals surface area contributed by atoms with Crippen molar-refractivity contribution in [3.63, 3.8) is 0 Å². The van der Waals surface area contributed by atoms with Crippen molar-refractivity contribution < 1.29 is 9.53 Å². The lowest BCUT2D eigenvalue weighted by molar-refractivity contribution is -0.123. The summed E-state index contributed by atoms with van der Waals surface area (Å²) in [6, 6.07) is 0. The normalized spacial score (nSPS) is 13.6. The van der Waals surface area contributed by atoms with E-state index >= 15 is 0 Å². The standard InChI is InChI=1S/C25H51NO2S/c1-22(2,3)15-16-25(9,10)28-18-17-24(7,8)26-21(27)14-12-11-13-19-29-20-23(4,5)6/h11-20H2,1-10H3,(H,26,27). The number of amides is 1. The Labute approximate surface area is 186 Å². The molecule has 0 heterocycles. The first-order valence-electron chi connectivity index (χ1n) is 11.5. The summed E-state index contributed by atoms with van der Waals surface area (Å²) in [6.45, 7) is 22.9. The van der Waals surface area contributed by atoms with Gasteiger partial charge in [0.2, 0.25) is 5.91 Å². The van der Waals surface area contributed by atoms with Gasteiger partial charge in [-0.1, -0.05) is 48.0 Å². The topological polar surface area (TPSA) is 38.3 Å². The van der Waals surface area contributed by atoms with Crippen LogP contribution in [0.15, 0.2) is 0 Å². The number of ether oxygens (including phenoxy) is 1. The zero-order valence-corrected chi connectivity index (χ0v) is 22.1. The molecular weight excluding hydrogens is 378 g/mol. The Bertz CT molecular complexity index is 458. The van der Waals surface area contributed by atoms with E-state index in [-0.39, 0.29) is 17.0 Å². The monoisotopic (exact) mass is 429 g/mol. The quantitative estimate of drug-likeness (QED) is 0.296. The molecule has 0 aliphatic carbocycles. The zero-order valence-electron chi connectivity index (χ0n) is 21.3. The molecule has 29 heavy (non-hydrogen) atoms. The summed E-state index contributed by atoms with van der Waals surface area (Å²) in [5, 5.41) is 3.20. The third-order valence-electron chi connectivity index (χ3n) is 4.90. The summed E-state index contributed by atoms with van der Waals surface area (Å²) >= 11 is 2.03. The second-order valence-electron chi connectivity index (χ2n) is 12.3. The van der Waals surface area contributed by atoms with E-state index in [0.717, 1.165) is 32.1 Å². The van der Waals surface area contributed by atoms with Gasteiger partial charge in [-0.05, 0) is 82.1 Å². The highest BCUT2D eigenvalue weighted by atomic mass is 32.2. The number of hydrogen-bond acceptors (Lipinski definition) is 3. The molecule has 0 unspecified atom stereocenters. The minimum absolute atomic E-state index is 0.113. The van der Waals surface area contributed by atoms with Crippen LogP contribution < -0.4 is 5.32 Å². The van der Waals surface area contributed by atoms with Gasteiger partial charge in [-0.2, -0.15) is 11.8 Å². The first kappa shape index (κ1) is 28.8. The van der Waals surface area contributed by atoms with Crippen LogP contribution in [-0.4, -0.2) is 35.2 Å². The van der Waals surface area contributed by atoms with E-state index in [0.29, 0.717) is 23.9 Å². The number of nitrogens with one attached hydrogen (secondary N) is 1. The fourth-order valence-electron chi connectivity index (χ4n) is 2.88. The average molecular weight is 430 g/mol. The van der Waals surface area contributed by atoms with Crippen molar-refractivity contribution in [3.05, 3.63) is 0 Å². The molecule has 0 fully saturated rings. The van der Waals surface area contributed by atoms with Crippen LogP contribution in [0.1, 0.15) is 114 Å². The van der Waals surface area contributed by atoms with Crippen LogP contribution in [0.5, 0.6) is 0 Å². The summed E-state index contributed by atoms with van der Waals surface area (Å²) in [5.74, 6) is 2.58. The minimum Gasteiger partial charge on any atom is -0.375 e. The molecule has 0 bridgehead atoms. The predicted molar refractivity (Wildman–Crippen MR) is 131 cm³/mol. The smallest absolute Gasteiger partial charge is 0.220 e. The Balaban J connectivity index is 3.96. The second kappa shape index (κ2) is 12.6. The molecule has 3 nitrogen and oxygen atoms in total. The summed E-state index contributed by atoms with van der Waals surface area (Å²) in [5.41, 5.74) is 0.402. The van der Waals surface area contributed by atoms with Crippen LogP contribution in [-0.2, 0) is 9.53 Å². The van der Waals surface area contributed by atoms with Gasteiger partial charge in [-0.3, -0.25) is 4.79 Å². The largest absolute Gasteiger partial charge is 0.375 e. The van der Waals surface area contributed by atoms with E-state index in [1.165, 1.54) is 17.9 Å². The second-order valence-corrected chi connectivity index (χ2v) is 13.4. The summed E-state index contributed by atoms with van der Waals surface area (Å²) in [7, 11) is 0. The molecule has 0 spiro atoms. The molecule has 0 aromatic heterocycles. The van der Waals surface area contributed by atoms with E-state index in [1.54, 1.807) is 0 Å². The highest BCUT2D eigenvalue weighted by Crippen LogP contribution is 2.28. The molecule has 0 atom stereocenters. The van der Waals surface area contributed by atoms with Gasteiger partial charge in [0.15, 0.2) is 0 Å². The van der Waals surface area contributed by atoms with E-state index in [4.69, 9.17) is 4.74 Å². The van der Waals surface area contributed by atoms with Gasteiger partial charge in [0, 0.05) is 18.6 Å². The van der Waals surface area contributed by atoms with E-state index in [2.05, 4.69) is 74.6 Å². The zero-order chi connectivity index (χ0) is 22.8. The third-order valence-corrected chi connectivity index (χ3v) is 6.55. The molecular formula is C25H51NO2S. The highest BCUT2D eigenvalue weighted by Gasteiger charge is 2.25. The fraction of sp³-hybridized carbons (Fsp3) is 0.960. The van der Waals surface area contributed by atoms with Gasteiger partial charge < -0.3 is 10.1 Å². The van der Waals surface area contributed by atoms with Crippen molar-refractivity contribution >= 4 is 17.7 Å². The van der Waals surface area contributed by atoms with Crippen LogP contribution in [0.4, 0.5) is 0 Å². The molecule has 0 saturated heterocycles. The van der Waals surface area contributed by atoms with E-state index < -0.39 is 0 Å². The maximum atomic E-state index is 12.3. The first-order chi connectivity index (χ1) is 13.0. The molecule has 1 N–H and O–H groups in total. The number of thioether (sulfide) groups is 1. The maximum absolute atomic E-state index is 12.3. The van der Waals surface area contributed by atoms with E-state index in [1.807, 2.05) is 11.8 Å². The average Bonchev–Trinajstić information content (AvgIpc) is 2.49. The van der Waals surface area contributed by atoms with Gasteiger partial charge in [0.25, 0.3) is 0 Å². The Morgan fingerprint density at radius 2 is 1.41 bits per heavy atom.